The summed E-state index contributed by atoms with van der Waals surface area (Å²) < 4.78 is 0. The highest BCUT2D eigenvalue weighted by molar-refractivity contribution is 5.78. The summed E-state index contributed by atoms with van der Waals surface area (Å²) in [6, 6.07) is 17.4. The standard InChI is InChI=1S/C19H23NO2/c1-14-7-6-8-16(11-14)13-19(22)20-15(2)12-18(21)17-9-4-3-5-10-17/h3-11,15,18,21H,12-13H2,1-2H3,(H,20,22). The number of hydrogen-bond acceptors (Lipinski definition) is 2. The lowest BCUT2D eigenvalue weighted by atomic mass is 10.0. The molecule has 2 aromatic rings. The maximum Gasteiger partial charge on any atom is 0.224 e. The van der Waals surface area contributed by atoms with Crippen LogP contribution in [0.2, 0.25) is 0 Å². The zero-order valence-corrected chi connectivity index (χ0v) is 13.1. The monoisotopic (exact) mass is 297 g/mol. The molecule has 0 aliphatic heterocycles. The molecule has 0 radical (unpaired) electrons. The maximum atomic E-state index is 12.1. The van der Waals surface area contributed by atoms with E-state index in [9.17, 15) is 9.90 Å². The van der Waals surface area contributed by atoms with E-state index in [1.165, 1.54) is 0 Å². The van der Waals surface area contributed by atoms with Crippen LogP contribution in [-0.2, 0) is 11.2 Å². The molecule has 2 atom stereocenters. The fraction of sp³-hybridized carbons (Fsp3) is 0.316. The molecule has 0 aliphatic carbocycles. The minimum absolute atomic E-state index is 0.0154. The Balaban J connectivity index is 1.83. The molecule has 22 heavy (non-hydrogen) atoms. The highest BCUT2D eigenvalue weighted by Gasteiger charge is 2.14. The van der Waals surface area contributed by atoms with Gasteiger partial charge in [0.2, 0.25) is 5.91 Å². The Morgan fingerprint density at radius 3 is 2.55 bits per heavy atom. The van der Waals surface area contributed by atoms with Crippen LogP contribution < -0.4 is 5.32 Å². The Labute approximate surface area is 132 Å². The molecule has 1 amide bonds. The quantitative estimate of drug-likeness (QED) is 0.860. The van der Waals surface area contributed by atoms with E-state index < -0.39 is 6.10 Å². The second-order valence-electron chi connectivity index (χ2n) is 5.80. The Morgan fingerprint density at radius 2 is 1.86 bits per heavy atom. The number of aliphatic hydroxyl groups is 1. The Hall–Kier alpha value is -2.13. The van der Waals surface area contributed by atoms with Crippen molar-refractivity contribution in [2.45, 2.75) is 38.8 Å². The van der Waals surface area contributed by atoms with Crippen LogP contribution in [0, 0.1) is 6.92 Å². The Kier molecular flexibility index (Phi) is 5.73. The van der Waals surface area contributed by atoms with Gasteiger partial charge in [-0.25, -0.2) is 0 Å². The molecule has 116 valence electrons. The number of aryl methyl sites for hydroxylation is 1. The number of hydrogen-bond donors (Lipinski definition) is 2. The number of amides is 1. The molecule has 0 saturated heterocycles. The van der Waals surface area contributed by atoms with Crippen molar-refractivity contribution in [3.05, 3.63) is 71.3 Å². The zero-order chi connectivity index (χ0) is 15.9. The summed E-state index contributed by atoms with van der Waals surface area (Å²) in [5.74, 6) is -0.0154. The third kappa shape index (κ3) is 5.01. The maximum absolute atomic E-state index is 12.1. The lowest BCUT2D eigenvalue weighted by molar-refractivity contribution is -0.121. The normalized spacial score (nSPS) is 13.4. The topological polar surface area (TPSA) is 49.3 Å². The predicted octanol–water partition coefficient (Wildman–Crippen LogP) is 3.17. The summed E-state index contributed by atoms with van der Waals surface area (Å²) in [7, 11) is 0. The van der Waals surface area contributed by atoms with E-state index in [1.54, 1.807) is 0 Å². The third-order valence-corrected chi connectivity index (χ3v) is 3.62. The van der Waals surface area contributed by atoms with Gasteiger partial charge in [0, 0.05) is 6.04 Å². The van der Waals surface area contributed by atoms with E-state index in [4.69, 9.17) is 0 Å². The smallest absolute Gasteiger partial charge is 0.224 e. The van der Waals surface area contributed by atoms with Crippen molar-refractivity contribution in [1.82, 2.24) is 5.32 Å². The summed E-state index contributed by atoms with van der Waals surface area (Å²) in [5.41, 5.74) is 3.04. The minimum Gasteiger partial charge on any atom is -0.388 e. The highest BCUT2D eigenvalue weighted by atomic mass is 16.3. The van der Waals surface area contributed by atoms with Crippen LogP contribution >= 0.6 is 0 Å². The molecule has 0 saturated carbocycles. The molecule has 2 N–H and O–H groups in total. The zero-order valence-electron chi connectivity index (χ0n) is 13.1. The van der Waals surface area contributed by atoms with Gasteiger partial charge in [-0.05, 0) is 31.4 Å². The molecule has 0 heterocycles. The Bertz CT molecular complexity index is 610. The lowest BCUT2D eigenvalue weighted by Crippen LogP contribution is -2.34. The van der Waals surface area contributed by atoms with E-state index in [0.29, 0.717) is 12.8 Å². The van der Waals surface area contributed by atoms with Crippen LogP contribution in [-0.4, -0.2) is 17.1 Å². The first-order valence-electron chi connectivity index (χ1n) is 7.62. The second-order valence-corrected chi connectivity index (χ2v) is 5.80. The molecule has 0 fully saturated rings. The third-order valence-electron chi connectivity index (χ3n) is 3.62. The second kappa shape index (κ2) is 7.76. The summed E-state index contributed by atoms with van der Waals surface area (Å²) in [6.45, 7) is 3.93. The van der Waals surface area contributed by atoms with Gasteiger partial charge in [-0.15, -0.1) is 0 Å². The molecular formula is C19H23NO2. The van der Waals surface area contributed by atoms with Gasteiger partial charge in [0.1, 0.15) is 0 Å². The van der Waals surface area contributed by atoms with Crippen molar-refractivity contribution in [2.75, 3.05) is 0 Å². The van der Waals surface area contributed by atoms with Gasteiger partial charge in [0.15, 0.2) is 0 Å². The molecule has 3 heteroatoms. The van der Waals surface area contributed by atoms with E-state index in [0.717, 1.165) is 16.7 Å². The summed E-state index contributed by atoms with van der Waals surface area (Å²) in [6.07, 6.45) is 0.312. The van der Waals surface area contributed by atoms with Gasteiger partial charge >= 0.3 is 0 Å². The number of rotatable bonds is 6. The van der Waals surface area contributed by atoms with Crippen molar-refractivity contribution in [3.8, 4) is 0 Å². The highest BCUT2D eigenvalue weighted by Crippen LogP contribution is 2.17. The van der Waals surface area contributed by atoms with Crippen molar-refractivity contribution >= 4 is 5.91 Å². The van der Waals surface area contributed by atoms with Gasteiger partial charge in [-0.1, -0.05) is 60.2 Å². The van der Waals surface area contributed by atoms with E-state index >= 15 is 0 Å². The molecule has 3 nitrogen and oxygen atoms in total. The molecule has 0 aliphatic rings. The Morgan fingerprint density at radius 1 is 1.14 bits per heavy atom. The molecule has 2 rings (SSSR count). The lowest BCUT2D eigenvalue weighted by Gasteiger charge is -2.18. The summed E-state index contributed by atoms with van der Waals surface area (Å²) in [5, 5.41) is 13.1. The number of aliphatic hydroxyl groups excluding tert-OH is 1. The van der Waals surface area contributed by atoms with Crippen molar-refractivity contribution in [3.63, 3.8) is 0 Å². The molecule has 2 aromatic carbocycles. The van der Waals surface area contributed by atoms with Crippen LogP contribution in [0.25, 0.3) is 0 Å². The van der Waals surface area contributed by atoms with Crippen molar-refractivity contribution < 1.29 is 9.90 Å². The number of carbonyl (C=O) groups excluding carboxylic acids is 1. The van der Waals surface area contributed by atoms with E-state index in [2.05, 4.69) is 5.32 Å². The minimum atomic E-state index is -0.560. The van der Waals surface area contributed by atoms with Gasteiger partial charge in [0.25, 0.3) is 0 Å². The van der Waals surface area contributed by atoms with Gasteiger partial charge in [-0.2, -0.15) is 0 Å². The SMILES string of the molecule is Cc1cccc(CC(=O)NC(C)CC(O)c2ccccc2)c1. The van der Waals surface area contributed by atoms with Crippen molar-refractivity contribution in [2.24, 2.45) is 0 Å². The van der Waals surface area contributed by atoms with E-state index in [-0.39, 0.29) is 11.9 Å². The van der Waals surface area contributed by atoms with E-state index in [1.807, 2.05) is 68.4 Å². The first-order valence-corrected chi connectivity index (χ1v) is 7.62. The van der Waals surface area contributed by atoms with Gasteiger partial charge in [-0.3, -0.25) is 4.79 Å². The van der Waals surface area contributed by atoms with Crippen LogP contribution in [0.15, 0.2) is 54.6 Å². The number of carbonyl (C=O) groups is 1. The fourth-order valence-electron chi connectivity index (χ4n) is 2.54. The molecule has 0 bridgehead atoms. The fourth-order valence-corrected chi connectivity index (χ4v) is 2.54. The average Bonchev–Trinajstić information content (AvgIpc) is 2.47. The summed E-state index contributed by atoms with van der Waals surface area (Å²) in [4.78, 5) is 12.1. The molecule has 2 unspecified atom stereocenters. The van der Waals surface area contributed by atoms with Crippen molar-refractivity contribution in [1.29, 1.82) is 0 Å². The van der Waals surface area contributed by atoms with Crippen LogP contribution in [0.4, 0.5) is 0 Å². The van der Waals surface area contributed by atoms with Crippen LogP contribution in [0.1, 0.15) is 36.1 Å². The predicted molar refractivity (Wildman–Crippen MR) is 88.5 cm³/mol. The first-order chi connectivity index (χ1) is 10.5. The first kappa shape index (κ1) is 16.2. The largest absolute Gasteiger partial charge is 0.388 e. The summed E-state index contributed by atoms with van der Waals surface area (Å²) >= 11 is 0. The molecule has 0 spiro atoms. The van der Waals surface area contributed by atoms with Crippen LogP contribution in [0.5, 0.6) is 0 Å². The average molecular weight is 297 g/mol. The van der Waals surface area contributed by atoms with Gasteiger partial charge < -0.3 is 10.4 Å². The molecule has 0 aromatic heterocycles. The molecular weight excluding hydrogens is 274 g/mol. The number of nitrogens with one attached hydrogen (secondary N) is 1. The van der Waals surface area contributed by atoms with Gasteiger partial charge in [0.05, 0.1) is 12.5 Å². The van der Waals surface area contributed by atoms with Crippen LogP contribution in [0.3, 0.4) is 0 Å². The number of benzene rings is 2.